The van der Waals surface area contributed by atoms with E-state index in [0.29, 0.717) is 6.54 Å². The molecule has 20 heavy (non-hydrogen) atoms. The van der Waals surface area contributed by atoms with Crippen LogP contribution in [0.1, 0.15) is 31.4 Å². The van der Waals surface area contributed by atoms with E-state index in [1.807, 2.05) is 13.8 Å². The standard InChI is InChI=1S/C15H19FN2O2/c1-9-4-5-13(16)7-12(9)8-18-10(2)6-14(19)17-11(3)15(18)20/h4-5,7,10-11H,6,8H2,1-3H3,(H,17,19). The third-order valence-corrected chi connectivity index (χ3v) is 3.70. The second kappa shape index (κ2) is 5.61. The minimum absolute atomic E-state index is 0.128. The lowest BCUT2D eigenvalue weighted by molar-refractivity contribution is -0.135. The van der Waals surface area contributed by atoms with E-state index in [4.69, 9.17) is 0 Å². The van der Waals surface area contributed by atoms with Crippen LogP contribution in [0.25, 0.3) is 0 Å². The average molecular weight is 278 g/mol. The highest BCUT2D eigenvalue weighted by atomic mass is 19.1. The van der Waals surface area contributed by atoms with Gasteiger partial charge in [-0.3, -0.25) is 9.59 Å². The zero-order chi connectivity index (χ0) is 14.9. The average Bonchev–Trinajstić information content (AvgIpc) is 2.45. The van der Waals surface area contributed by atoms with Gasteiger partial charge in [0.1, 0.15) is 11.9 Å². The van der Waals surface area contributed by atoms with Gasteiger partial charge < -0.3 is 10.2 Å². The Bertz CT molecular complexity index is 545. The van der Waals surface area contributed by atoms with Gasteiger partial charge in [0, 0.05) is 19.0 Å². The second-order valence-corrected chi connectivity index (χ2v) is 5.38. The molecule has 1 fully saturated rings. The van der Waals surface area contributed by atoms with Gasteiger partial charge in [0.15, 0.2) is 0 Å². The smallest absolute Gasteiger partial charge is 0.245 e. The SMILES string of the molecule is Cc1ccc(F)cc1CN1C(=O)C(C)NC(=O)CC1C. The molecule has 2 rings (SSSR count). The molecule has 1 aliphatic rings. The summed E-state index contributed by atoms with van der Waals surface area (Å²) in [5.41, 5.74) is 1.70. The van der Waals surface area contributed by atoms with Crippen LogP contribution >= 0.6 is 0 Å². The van der Waals surface area contributed by atoms with Crippen molar-refractivity contribution in [3.8, 4) is 0 Å². The highest BCUT2D eigenvalue weighted by Crippen LogP contribution is 2.18. The van der Waals surface area contributed by atoms with Crippen LogP contribution < -0.4 is 5.32 Å². The van der Waals surface area contributed by atoms with Crippen LogP contribution in [0.4, 0.5) is 4.39 Å². The molecule has 2 atom stereocenters. The van der Waals surface area contributed by atoms with Gasteiger partial charge in [-0.05, 0) is 44.0 Å². The Morgan fingerprint density at radius 3 is 2.75 bits per heavy atom. The van der Waals surface area contributed by atoms with E-state index in [9.17, 15) is 14.0 Å². The molecular weight excluding hydrogens is 259 g/mol. The molecule has 0 bridgehead atoms. The lowest BCUT2D eigenvalue weighted by Crippen LogP contribution is -2.44. The van der Waals surface area contributed by atoms with Crippen molar-refractivity contribution in [2.45, 2.75) is 45.8 Å². The summed E-state index contributed by atoms with van der Waals surface area (Å²) in [4.78, 5) is 25.6. The molecule has 5 heteroatoms. The lowest BCUT2D eigenvalue weighted by atomic mass is 10.1. The Kier molecular flexibility index (Phi) is 4.06. The maximum absolute atomic E-state index is 13.3. The lowest BCUT2D eigenvalue weighted by Gasteiger charge is -2.28. The van der Waals surface area contributed by atoms with Crippen molar-refractivity contribution in [3.63, 3.8) is 0 Å². The molecule has 0 spiro atoms. The summed E-state index contributed by atoms with van der Waals surface area (Å²) in [5, 5.41) is 2.66. The number of hydrogen-bond acceptors (Lipinski definition) is 2. The monoisotopic (exact) mass is 278 g/mol. The first kappa shape index (κ1) is 14.5. The van der Waals surface area contributed by atoms with Crippen LogP contribution in [0.2, 0.25) is 0 Å². The summed E-state index contributed by atoms with van der Waals surface area (Å²) in [6, 6.07) is 3.81. The summed E-state index contributed by atoms with van der Waals surface area (Å²) in [6.45, 7) is 5.71. The molecule has 2 amide bonds. The number of rotatable bonds is 2. The van der Waals surface area contributed by atoms with Crippen molar-refractivity contribution >= 4 is 11.8 Å². The Morgan fingerprint density at radius 1 is 1.35 bits per heavy atom. The number of halogens is 1. The van der Waals surface area contributed by atoms with Gasteiger partial charge in [-0.1, -0.05) is 6.07 Å². The molecule has 4 nitrogen and oxygen atoms in total. The van der Waals surface area contributed by atoms with E-state index < -0.39 is 6.04 Å². The van der Waals surface area contributed by atoms with Gasteiger partial charge in [0.25, 0.3) is 0 Å². The molecule has 0 aromatic heterocycles. The first-order chi connectivity index (χ1) is 9.38. The van der Waals surface area contributed by atoms with Crippen molar-refractivity contribution in [1.29, 1.82) is 0 Å². The molecule has 1 aromatic carbocycles. The van der Waals surface area contributed by atoms with Crippen LogP contribution in [0.3, 0.4) is 0 Å². The molecule has 0 radical (unpaired) electrons. The number of benzene rings is 1. The van der Waals surface area contributed by atoms with Gasteiger partial charge in [-0.2, -0.15) is 0 Å². The maximum Gasteiger partial charge on any atom is 0.245 e. The van der Waals surface area contributed by atoms with Gasteiger partial charge in [-0.15, -0.1) is 0 Å². The molecule has 2 unspecified atom stereocenters. The van der Waals surface area contributed by atoms with Crippen LogP contribution in [-0.2, 0) is 16.1 Å². The molecule has 1 heterocycles. The van der Waals surface area contributed by atoms with Crippen LogP contribution in [0.5, 0.6) is 0 Å². The van der Waals surface area contributed by atoms with E-state index in [1.54, 1.807) is 17.9 Å². The topological polar surface area (TPSA) is 49.4 Å². The largest absolute Gasteiger partial charge is 0.345 e. The summed E-state index contributed by atoms with van der Waals surface area (Å²) in [6.07, 6.45) is 0.268. The number of aryl methyl sites for hydroxylation is 1. The Labute approximate surface area is 118 Å². The van der Waals surface area contributed by atoms with E-state index in [2.05, 4.69) is 5.32 Å². The number of amides is 2. The van der Waals surface area contributed by atoms with Gasteiger partial charge >= 0.3 is 0 Å². The summed E-state index contributed by atoms with van der Waals surface area (Å²) < 4.78 is 13.3. The van der Waals surface area contributed by atoms with E-state index >= 15 is 0 Å². The minimum atomic E-state index is -0.540. The van der Waals surface area contributed by atoms with Crippen LogP contribution in [-0.4, -0.2) is 28.8 Å². The predicted octanol–water partition coefficient (Wildman–Crippen LogP) is 1.76. The van der Waals surface area contributed by atoms with E-state index in [1.165, 1.54) is 12.1 Å². The maximum atomic E-state index is 13.3. The van der Waals surface area contributed by atoms with E-state index in [-0.39, 0.29) is 30.1 Å². The number of carbonyl (C=O) groups is 2. The van der Waals surface area contributed by atoms with Gasteiger partial charge in [0.2, 0.25) is 11.8 Å². The first-order valence-electron chi connectivity index (χ1n) is 6.73. The van der Waals surface area contributed by atoms with Crippen LogP contribution in [0.15, 0.2) is 18.2 Å². The normalized spacial score (nSPS) is 23.5. The molecule has 108 valence electrons. The van der Waals surface area contributed by atoms with Crippen molar-refractivity contribution in [2.24, 2.45) is 0 Å². The van der Waals surface area contributed by atoms with Crippen molar-refractivity contribution in [1.82, 2.24) is 10.2 Å². The fourth-order valence-electron chi connectivity index (χ4n) is 2.43. The molecule has 0 saturated carbocycles. The fourth-order valence-corrected chi connectivity index (χ4v) is 2.43. The molecule has 0 aliphatic carbocycles. The number of nitrogens with one attached hydrogen (secondary N) is 1. The summed E-state index contributed by atoms with van der Waals surface area (Å²) in [5.74, 6) is -0.577. The van der Waals surface area contributed by atoms with E-state index in [0.717, 1.165) is 11.1 Å². The van der Waals surface area contributed by atoms with Crippen molar-refractivity contribution in [2.75, 3.05) is 0 Å². The second-order valence-electron chi connectivity index (χ2n) is 5.38. The zero-order valence-corrected chi connectivity index (χ0v) is 11.9. The highest BCUT2D eigenvalue weighted by Gasteiger charge is 2.31. The predicted molar refractivity (Wildman–Crippen MR) is 73.4 cm³/mol. The molecule has 1 saturated heterocycles. The highest BCUT2D eigenvalue weighted by molar-refractivity contribution is 5.90. The quantitative estimate of drug-likeness (QED) is 0.896. The Morgan fingerprint density at radius 2 is 2.05 bits per heavy atom. The number of nitrogens with zero attached hydrogens (tertiary/aromatic N) is 1. The third-order valence-electron chi connectivity index (χ3n) is 3.70. The Hall–Kier alpha value is -1.91. The first-order valence-corrected chi connectivity index (χ1v) is 6.73. The fraction of sp³-hybridized carbons (Fsp3) is 0.467. The molecule has 1 aliphatic heterocycles. The third kappa shape index (κ3) is 2.98. The minimum Gasteiger partial charge on any atom is -0.345 e. The zero-order valence-electron chi connectivity index (χ0n) is 11.9. The number of carbonyl (C=O) groups excluding carboxylic acids is 2. The number of hydrogen-bond donors (Lipinski definition) is 1. The Balaban J connectivity index is 2.27. The van der Waals surface area contributed by atoms with Gasteiger partial charge in [0.05, 0.1) is 0 Å². The summed E-state index contributed by atoms with van der Waals surface area (Å²) in [7, 11) is 0. The van der Waals surface area contributed by atoms with Crippen molar-refractivity contribution < 1.29 is 14.0 Å². The summed E-state index contributed by atoms with van der Waals surface area (Å²) >= 11 is 0. The molecule has 1 aromatic rings. The molecular formula is C15H19FN2O2. The van der Waals surface area contributed by atoms with Crippen molar-refractivity contribution in [3.05, 3.63) is 35.1 Å². The molecule has 1 N–H and O–H groups in total. The van der Waals surface area contributed by atoms with Crippen LogP contribution in [0, 0.1) is 12.7 Å². The van der Waals surface area contributed by atoms with Gasteiger partial charge in [-0.25, -0.2) is 4.39 Å².